The van der Waals surface area contributed by atoms with Crippen LogP contribution in [0.5, 0.6) is 0 Å². The molecule has 1 N–H and O–H groups in total. The van der Waals surface area contributed by atoms with Gasteiger partial charge in [-0.1, -0.05) is 51.9 Å². The number of rotatable bonds is 9. The number of carbonyl (C=O) groups excluding carboxylic acids is 2. The molecular formula is C16H23NO2S. The Morgan fingerprint density at radius 3 is 2.30 bits per heavy atom. The van der Waals surface area contributed by atoms with Crippen LogP contribution in [0.25, 0.3) is 0 Å². The van der Waals surface area contributed by atoms with Gasteiger partial charge in [-0.05, 0) is 12.8 Å². The van der Waals surface area contributed by atoms with Crippen LogP contribution in [-0.4, -0.2) is 11.8 Å². The molecule has 4 heteroatoms. The molecule has 2 rings (SSSR count). The van der Waals surface area contributed by atoms with Gasteiger partial charge in [0.25, 0.3) is 11.8 Å². The number of fused-ring (bicyclic) bond motifs is 1. The van der Waals surface area contributed by atoms with E-state index >= 15 is 0 Å². The van der Waals surface area contributed by atoms with Gasteiger partial charge >= 0.3 is 0 Å². The number of nitrogens with one attached hydrogen (secondary N) is 1. The molecule has 110 valence electrons. The van der Waals surface area contributed by atoms with E-state index in [0.717, 1.165) is 17.7 Å². The van der Waals surface area contributed by atoms with Crippen molar-refractivity contribution in [2.24, 2.45) is 0 Å². The van der Waals surface area contributed by atoms with Crippen molar-refractivity contribution < 1.29 is 9.59 Å². The highest BCUT2D eigenvalue weighted by Crippen LogP contribution is 2.28. The molecule has 1 aliphatic heterocycles. The fraction of sp³-hybridized carbons (Fsp3) is 0.625. The van der Waals surface area contributed by atoms with Gasteiger partial charge in [0.15, 0.2) is 0 Å². The zero-order valence-corrected chi connectivity index (χ0v) is 13.0. The first-order valence-electron chi connectivity index (χ1n) is 7.70. The monoisotopic (exact) mass is 293 g/mol. The number of thiophene rings is 1. The maximum atomic E-state index is 11.7. The van der Waals surface area contributed by atoms with Crippen molar-refractivity contribution >= 4 is 23.2 Å². The van der Waals surface area contributed by atoms with Crippen LogP contribution in [0.4, 0.5) is 0 Å². The van der Waals surface area contributed by atoms with Crippen LogP contribution in [0.2, 0.25) is 0 Å². The number of hydrogen-bond acceptors (Lipinski definition) is 3. The molecule has 0 unspecified atom stereocenters. The van der Waals surface area contributed by atoms with E-state index < -0.39 is 0 Å². The van der Waals surface area contributed by atoms with Crippen molar-refractivity contribution in [3.63, 3.8) is 0 Å². The highest BCUT2D eigenvalue weighted by Gasteiger charge is 2.30. The minimum Gasteiger partial charge on any atom is -0.288 e. The first-order chi connectivity index (χ1) is 9.74. The van der Waals surface area contributed by atoms with Crippen molar-refractivity contribution in [3.8, 4) is 0 Å². The van der Waals surface area contributed by atoms with Gasteiger partial charge < -0.3 is 0 Å². The van der Waals surface area contributed by atoms with Crippen molar-refractivity contribution in [2.45, 2.75) is 64.7 Å². The topological polar surface area (TPSA) is 46.2 Å². The van der Waals surface area contributed by atoms with Crippen LogP contribution in [0.15, 0.2) is 5.38 Å². The van der Waals surface area contributed by atoms with Crippen molar-refractivity contribution in [2.75, 3.05) is 0 Å². The number of aryl methyl sites for hydroxylation is 1. The zero-order chi connectivity index (χ0) is 14.4. The van der Waals surface area contributed by atoms with Gasteiger partial charge in [0.2, 0.25) is 0 Å². The molecule has 3 nitrogen and oxygen atoms in total. The number of carbonyl (C=O) groups is 2. The third-order valence-corrected chi connectivity index (χ3v) is 4.87. The van der Waals surface area contributed by atoms with Gasteiger partial charge in [0.1, 0.15) is 0 Å². The molecule has 0 saturated heterocycles. The second kappa shape index (κ2) is 7.58. The number of unbranched alkanes of at least 4 members (excludes halogenated alkanes) is 7. The van der Waals surface area contributed by atoms with E-state index in [1.54, 1.807) is 11.3 Å². The fourth-order valence-electron chi connectivity index (χ4n) is 2.65. The predicted molar refractivity (Wildman–Crippen MR) is 82.4 cm³/mol. The molecule has 0 aliphatic carbocycles. The summed E-state index contributed by atoms with van der Waals surface area (Å²) in [5.74, 6) is -0.441. The standard InChI is InChI=1S/C16H23NO2S/c1-2-3-4-5-6-7-8-9-10-13-14-12(11-20-13)15(18)17-16(14)19/h11H,2-10H2,1H3,(H,17,18,19). The molecule has 2 heterocycles. The van der Waals surface area contributed by atoms with Crippen LogP contribution in [-0.2, 0) is 6.42 Å². The van der Waals surface area contributed by atoms with E-state index in [9.17, 15) is 9.59 Å². The minimum absolute atomic E-state index is 0.208. The second-order valence-electron chi connectivity index (χ2n) is 5.46. The van der Waals surface area contributed by atoms with E-state index in [2.05, 4.69) is 12.2 Å². The summed E-state index contributed by atoms with van der Waals surface area (Å²) in [6, 6.07) is 0. The third-order valence-electron chi connectivity index (χ3n) is 3.82. The Morgan fingerprint density at radius 2 is 1.60 bits per heavy atom. The molecule has 1 aromatic heterocycles. The molecule has 0 bridgehead atoms. The summed E-state index contributed by atoms with van der Waals surface area (Å²) < 4.78 is 0. The van der Waals surface area contributed by atoms with Gasteiger partial charge in [-0.2, -0.15) is 0 Å². The van der Waals surface area contributed by atoms with E-state index in [1.165, 1.54) is 44.9 Å². The lowest BCUT2D eigenvalue weighted by Gasteiger charge is -2.02. The molecule has 0 aromatic carbocycles. The van der Waals surface area contributed by atoms with Gasteiger partial charge in [0, 0.05) is 10.3 Å². The zero-order valence-electron chi connectivity index (χ0n) is 12.2. The number of hydrogen-bond donors (Lipinski definition) is 1. The van der Waals surface area contributed by atoms with Crippen LogP contribution < -0.4 is 5.32 Å². The summed E-state index contributed by atoms with van der Waals surface area (Å²) in [4.78, 5) is 24.2. The van der Waals surface area contributed by atoms with E-state index in [1.807, 2.05) is 5.38 Å². The summed E-state index contributed by atoms with van der Waals surface area (Å²) in [6.07, 6.45) is 11.2. The molecule has 2 amide bonds. The van der Waals surface area contributed by atoms with Crippen molar-refractivity contribution in [1.82, 2.24) is 5.32 Å². The van der Waals surface area contributed by atoms with Gasteiger partial charge in [-0.25, -0.2) is 0 Å². The smallest absolute Gasteiger partial charge is 0.260 e. The SMILES string of the molecule is CCCCCCCCCCc1scc2c1C(=O)NC2=O. The molecular weight excluding hydrogens is 270 g/mol. The van der Waals surface area contributed by atoms with E-state index in [0.29, 0.717) is 11.1 Å². The first kappa shape index (κ1) is 15.2. The quantitative estimate of drug-likeness (QED) is 0.544. The summed E-state index contributed by atoms with van der Waals surface area (Å²) in [7, 11) is 0. The number of imide groups is 1. The Hall–Kier alpha value is -1.16. The normalized spacial score (nSPS) is 13.7. The van der Waals surface area contributed by atoms with Crippen LogP contribution in [0, 0.1) is 0 Å². The molecule has 0 atom stereocenters. The Morgan fingerprint density at radius 1 is 0.950 bits per heavy atom. The Kier molecular flexibility index (Phi) is 5.77. The maximum absolute atomic E-state index is 11.7. The van der Waals surface area contributed by atoms with Gasteiger partial charge in [-0.3, -0.25) is 14.9 Å². The van der Waals surface area contributed by atoms with E-state index in [-0.39, 0.29) is 11.8 Å². The number of amides is 2. The lowest BCUT2D eigenvalue weighted by Crippen LogP contribution is -2.20. The van der Waals surface area contributed by atoms with Crippen LogP contribution in [0.3, 0.4) is 0 Å². The fourth-order valence-corrected chi connectivity index (χ4v) is 3.72. The maximum Gasteiger partial charge on any atom is 0.260 e. The largest absolute Gasteiger partial charge is 0.288 e. The second-order valence-corrected chi connectivity index (χ2v) is 6.42. The van der Waals surface area contributed by atoms with Crippen molar-refractivity contribution in [3.05, 3.63) is 21.4 Å². The van der Waals surface area contributed by atoms with Crippen LogP contribution >= 0.6 is 11.3 Å². The lowest BCUT2D eigenvalue weighted by molar-refractivity contribution is 0.0879. The predicted octanol–water partition coefficient (Wildman–Crippen LogP) is 4.31. The first-order valence-corrected chi connectivity index (χ1v) is 8.58. The highest BCUT2D eigenvalue weighted by molar-refractivity contribution is 7.10. The summed E-state index contributed by atoms with van der Waals surface area (Å²) in [5.41, 5.74) is 1.22. The minimum atomic E-state index is -0.233. The summed E-state index contributed by atoms with van der Waals surface area (Å²) in [6.45, 7) is 2.24. The Labute approximate surface area is 124 Å². The van der Waals surface area contributed by atoms with Gasteiger partial charge in [-0.15, -0.1) is 11.3 Å². The van der Waals surface area contributed by atoms with Crippen molar-refractivity contribution in [1.29, 1.82) is 0 Å². The average molecular weight is 293 g/mol. The molecule has 0 radical (unpaired) electrons. The Balaban J connectivity index is 1.67. The molecule has 0 fully saturated rings. The lowest BCUT2D eigenvalue weighted by atomic mass is 10.1. The Bertz CT molecular complexity index is 479. The van der Waals surface area contributed by atoms with Crippen LogP contribution in [0.1, 0.15) is 83.9 Å². The molecule has 0 spiro atoms. The summed E-state index contributed by atoms with van der Waals surface area (Å²) >= 11 is 1.55. The highest BCUT2D eigenvalue weighted by atomic mass is 32.1. The molecule has 1 aromatic rings. The molecule has 1 aliphatic rings. The van der Waals surface area contributed by atoms with E-state index in [4.69, 9.17) is 0 Å². The summed E-state index contributed by atoms with van der Waals surface area (Å²) in [5, 5.41) is 4.18. The third kappa shape index (κ3) is 3.69. The average Bonchev–Trinajstić information content (AvgIpc) is 2.96. The molecule has 0 saturated carbocycles. The van der Waals surface area contributed by atoms with Gasteiger partial charge in [0.05, 0.1) is 11.1 Å². The molecule has 20 heavy (non-hydrogen) atoms.